The highest BCUT2D eigenvalue weighted by atomic mass is 31.3. The molecule has 1 unspecified atom stereocenters. The van der Waals surface area contributed by atoms with E-state index in [2.05, 4.69) is 23.8 Å². The highest BCUT2D eigenvalue weighted by Gasteiger charge is 2.46. The quantitative estimate of drug-likeness (QED) is 0.229. The molecule has 2 aromatic heterocycles. The molecule has 0 aliphatic carbocycles. The van der Waals surface area contributed by atoms with Gasteiger partial charge >= 0.3 is 15.6 Å². The van der Waals surface area contributed by atoms with Gasteiger partial charge in [-0.15, -0.1) is 0 Å². The van der Waals surface area contributed by atoms with E-state index in [1.807, 2.05) is 0 Å². The fourth-order valence-electron chi connectivity index (χ4n) is 2.55. The zero-order chi connectivity index (χ0) is 20.9. The largest absolute Gasteiger partial charge is 0.481 e. The number of nitrogens with one attached hydrogen (secondary N) is 1. The van der Waals surface area contributed by atoms with E-state index in [-0.39, 0.29) is 17.1 Å². The summed E-state index contributed by atoms with van der Waals surface area (Å²) < 4.78 is 36.6. The number of hydrogen-bond donors (Lipinski definition) is 7. The summed E-state index contributed by atoms with van der Waals surface area (Å²) in [6.07, 6.45) is -4.88. The lowest BCUT2D eigenvalue weighted by molar-refractivity contribution is -0.0503. The molecular formula is C10H15N5O11P2. The molecule has 1 aliphatic rings. The molecular weight excluding hydrogens is 428 g/mol. The van der Waals surface area contributed by atoms with Crippen LogP contribution in [0.2, 0.25) is 0 Å². The van der Waals surface area contributed by atoms with E-state index in [9.17, 15) is 29.0 Å². The fourth-order valence-corrected chi connectivity index (χ4v) is 4.15. The standard InChI is InChI=1S/C10H15N5O11P2/c11-10-13-7-4(8(18)14-10)12-2-15(7)9-6(17)5(16)3(25-9)1-24-28(22,23)26-27(19,20)21/h2-3,5-6,9,16-17H,1H2,(H,22,23)(H2,19,20,21)(H3,11,13,14,18)/t3-,5-,6+,9-/m1/s1. The smallest absolute Gasteiger partial charge is 0.387 e. The van der Waals surface area contributed by atoms with E-state index in [0.717, 1.165) is 10.9 Å². The first-order valence-corrected chi connectivity index (χ1v) is 10.4. The Bertz CT molecular complexity index is 1030. The maximum Gasteiger partial charge on any atom is 0.481 e. The second-order valence-electron chi connectivity index (χ2n) is 5.66. The maximum atomic E-state index is 11.8. The molecule has 16 nitrogen and oxygen atoms in total. The van der Waals surface area contributed by atoms with E-state index in [0.29, 0.717) is 0 Å². The summed E-state index contributed by atoms with van der Waals surface area (Å²) in [6, 6.07) is 0. The van der Waals surface area contributed by atoms with Crippen LogP contribution in [0.3, 0.4) is 0 Å². The zero-order valence-electron chi connectivity index (χ0n) is 13.6. The van der Waals surface area contributed by atoms with Gasteiger partial charge in [0.2, 0.25) is 5.95 Å². The molecule has 2 aromatic rings. The first-order chi connectivity index (χ1) is 12.9. The number of hydrogen-bond acceptors (Lipinski definition) is 11. The summed E-state index contributed by atoms with van der Waals surface area (Å²) in [5, 5.41) is 20.3. The third kappa shape index (κ3) is 4.31. The monoisotopic (exact) mass is 443 g/mol. The number of anilines is 1. The molecule has 1 fully saturated rings. The Morgan fingerprint density at radius 1 is 1.29 bits per heavy atom. The molecule has 1 aliphatic heterocycles. The molecule has 8 N–H and O–H groups in total. The normalized spacial score (nSPS) is 27.9. The van der Waals surface area contributed by atoms with Gasteiger partial charge in [0.05, 0.1) is 12.9 Å². The minimum Gasteiger partial charge on any atom is -0.387 e. The average Bonchev–Trinajstić information content (AvgIpc) is 3.06. The van der Waals surface area contributed by atoms with Crippen LogP contribution in [0, 0.1) is 0 Å². The van der Waals surface area contributed by atoms with Gasteiger partial charge in [0.25, 0.3) is 5.56 Å². The SMILES string of the molecule is Nc1nc2c(ncn2[C@@H]2O[C@H](COP(=O)(O)OP(=O)(O)O)[C@@H](O)[C@@H]2O)c(=O)[nH]1. The molecule has 0 aromatic carbocycles. The van der Waals surface area contributed by atoms with Crippen molar-refractivity contribution in [1.82, 2.24) is 19.5 Å². The summed E-state index contributed by atoms with van der Waals surface area (Å²) in [4.78, 5) is 48.1. The van der Waals surface area contributed by atoms with Crippen molar-refractivity contribution in [2.75, 3.05) is 12.3 Å². The van der Waals surface area contributed by atoms with Crippen LogP contribution in [0.4, 0.5) is 5.95 Å². The number of H-pyrrole nitrogens is 1. The third-order valence-electron chi connectivity index (χ3n) is 3.67. The fraction of sp³-hybridized carbons (Fsp3) is 0.500. The van der Waals surface area contributed by atoms with Gasteiger partial charge < -0.3 is 35.4 Å². The Morgan fingerprint density at radius 3 is 2.61 bits per heavy atom. The molecule has 156 valence electrons. The van der Waals surface area contributed by atoms with Gasteiger partial charge in [0.1, 0.15) is 18.3 Å². The Hall–Kier alpha value is -1.71. The Morgan fingerprint density at radius 2 is 1.96 bits per heavy atom. The van der Waals surface area contributed by atoms with Gasteiger partial charge in [-0.05, 0) is 0 Å². The number of nitrogen functional groups attached to an aromatic ring is 1. The maximum absolute atomic E-state index is 11.8. The molecule has 3 heterocycles. The first-order valence-electron chi connectivity index (χ1n) is 7.36. The van der Waals surface area contributed by atoms with Gasteiger partial charge in [0.15, 0.2) is 17.4 Å². The van der Waals surface area contributed by atoms with Crippen LogP contribution < -0.4 is 11.3 Å². The van der Waals surface area contributed by atoms with Crippen LogP contribution in [0.5, 0.6) is 0 Å². The molecule has 3 rings (SSSR count). The van der Waals surface area contributed by atoms with Gasteiger partial charge in [-0.25, -0.2) is 14.1 Å². The Labute approximate surface area is 154 Å². The topological polar surface area (TPSA) is 253 Å². The van der Waals surface area contributed by atoms with Crippen molar-refractivity contribution in [2.24, 2.45) is 0 Å². The van der Waals surface area contributed by atoms with E-state index in [1.165, 1.54) is 0 Å². The lowest BCUT2D eigenvalue weighted by atomic mass is 10.1. The van der Waals surface area contributed by atoms with Crippen LogP contribution in [0.25, 0.3) is 11.2 Å². The summed E-state index contributed by atoms with van der Waals surface area (Å²) in [5.41, 5.74) is 4.65. The molecule has 5 atom stereocenters. The summed E-state index contributed by atoms with van der Waals surface area (Å²) in [7, 11) is -10.5. The van der Waals surface area contributed by atoms with Crippen molar-refractivity contribution in [3.05, 3.63) is 16.7 Å². The van der Waals surface area contributed by atoms with E-state index < -0.39 is 52.4 Å². The highest BCUT2D eigenvalue weighted by molar-refractivity contribution is 7.60. The van der Waals surface area contributed by atoms with Crippen molar-refractivity contribution >= 4 is 32.8 Å². The van der Waals surface area contributed by atoms with Gasteiger partial charge in [-0.2, -0.15) is 9.29 Å². The van der Waals surface area contributed by atoms with Crippen LogP contribution in [-0.4, -0.2) is 69.3 Å². The number of fused-ring (bicyclic) bond motifs is 1. The lowest BCUT2D eigenvalue weighted by Crippen LogP contribution is -2.33. The number of aromatic nitrogens is 4. The van der Waals surface area contributed by atoms with Crippen LogP contribution in [-0.2, 0) is 22.7 Å². The molecule has 0 spiro atoms. The summed E-state index contributed by atoms with van der Waals surface area (Å²) in [6.45, 7) is -0.870. The molecule has 0 radical (unpaired) electrons. The predicted octanol–water partition coefficient (Wildman–Crippen LogP) is -2.45. The highest BCUT2D eigenvalue weighted by Crippen LogP contribution is 2.57. The van der Waals surface area contributed by atoms with Gasteiger partial charge in [-0.1, -0.05) is 0 Å². The minimum absolute atomic E-state index is 0.0586. The number of aliphatic hydroxyl groups is 2. The summed E-state index contributed by atoms with van der Waals surface area (Å²) in [5.74, 6) is -0.233. The Balaban J connectivity index is 1.79. The minimum atomic E-state index is -5.32. The molecule has 0 saturated carbocycles. The zero-order valence-corrected chi connectivity index (χ0v) is 15.4. The lowest BCUT2D eigenvalue weighted by Gasteiger charge is -2.17. The second-order valence-corrected chi connectivity index (χ2v) is 8.49. The number of phosphoric acid groups is 2. The summed E-state index contributed by atoms with van der Waals surface area (Å²) >= 11 is 0. The van der Waals surface area contributed by atoms with Crippen molar-refractivity contribution < 1.29 is 47.6 Å². The number of nitrogens with zero attached hydrogens (tertiary/aromatic N) is 3. The van der Waals surface area contributed by atoms with Gasteiger partial charge in [-0.3, -0.25) is 18.9 Å². The molecule has 0 amide bonds. The first kappa shape index (κ1) is 21.0. The van der Waals surface area contributed by atoms with Crippen molar-refractivity contribution in [2.45, 2.75) is 24.5 Å². The number of aliphatic hydroxyl groups excluding tert-OH is 2. The number of imidazole rings is 1. The Kier molecular flexibility index (Phi) is 5.46. The van der Waals surface area contributed by atoms with Crippen LogP contribution in [0.1, 0.15) is 6.23 Å². The average molecular weight is 443 g/mol. The number of aromatic amines is 1. The molecule has 1 saturated heterocycles. The van der Waals surface area contributed by atoms with Crippen molar-refractivity contribution in [3.8, 4) is 0 Å². The molecule has 28 heavy (non-hydrogen) atoms. The number of ether oxygens (including phenoxy) is 1. The third-order valence-corrected chi connectivity index (χ3v) is 5.83. The second kappa shape index (κ2) is 7.27. The van der Waals surface area contributed by atoms with Gasteiger partial charge in [0, 0.05) is 0 Å². The van der Waals surface area contributed by atoms with Crippen molar-refractivity contribution in [1.29, 1.82) is 0 Å². The van der Waals surface area contributed by atoms with Crippen LogP contribution >= 0.6 is 15.6 Å². The van der Waals surface area contributed by atoms with Crippen molar-refractivity contribution in [3.63, 3.8) is 0 Å². The van der Waals surface area contributed by atoms with Crippen LogP contribution in [0.15, 0.2) is 11.1 Å². The molecule has 18 heteroatoms. The predicted molar refractivity (Wildman–Crippen MR) is 87.4 cm³/mol. The number of phosphoric ester groups is 1. The van der Waals surface area contributed by atoms with E-state index >= 15 is 0 Å². The molecule has 0 bridgehead atoms. The number of nitrogens with two attached hydrogens (primary N) is 1. The van der Waals surface area contributed by atoms with E-state index in [4.69, 9.17) is 20.3 Å². The van der Waals surface area contributed by atoms with E-state index in [1.54, 1.807) is 0 Å². The number of rotatable bonds is 6.